The molecule has 1 unspecified atom stereocenters. The van der Waals surface area contributed by atoms with Crippen LogP contribution in [0.25, 0.3) is 0 Å². The molecule has 0 amide bonds. The van der Waals surface area contributed by atoms with Crippen molar-refractivity contribution in [3.05, 3.63) is 11.9 Å². The molecule has 1 atom stereocenters. The molecule has 0 saturated heterocycles. The monoisotopic (exact) mass is 305 g/mol. The van der Waals surface area contributed by atoms with Crippen molar-refractivity contribution in [2.45, 2.75) is 45.7 Å². The van der Waals surface area contributed by atoms with E-state index in [1.807, 2.05) is 11.6 Å². The zero-order chi connectivity index (χ0) is 15.7. The molecule has 0 radical (unpaired) electrons. The second kappa shape index (κ2) is 9.68. The van der Waals surface area contributed by atoms with Gasteiger partial charge < -0.3 is 14.8 Å². The van der Waals surface area contributed by atoms with Crippen LogP contribution in [0.15, 0.2) is 6.20 Å². The highest BCUT2D eigenvalue weighted by Gasteiger charge is 2.21. The molecule has 0 bridgehead atoms. The van der Waals surface area contributed by atoms with Gasteiger partial charge >= 0.3 is 0 Å². The van der Waals surface area contributed by atoms with Crippen molar-refractivity contribution >= 4 is 0 Å². The largest absolute Gasteiger partial charge is 0.493 e. The van der Waals surface area contributed by atoms with E-state index in [1.165, 1.54) is 0 Å². The Morgan fingerprint density at radius 3 is 2.71 bits per heavy atom. The molecule has 1 heterocycles. The summed E-state index contributed by atoms with van der Waals surface area (Å²) in [6.07, 6.45) is 0.808. The fourth-order valence-electron chi connectivity index (χ4n) is 2.23. The number of methoxy groups -OCH3 is 1. The van der Waals surface area contributed by atoms with Crippen LogP contribution in [0.2, 0.25) is 0 Å². The van der Waals surface area contributed by atoms with E-state index in [4.69, 9.17) is 9.47 Å². The van der Waals surface area contributed by atoms with Crippen LogP contribution in [0.1, 0.15) is 38.4 Å². The van der Waals surface area contributed by atoms with Gasteiger partial charge in [0.15, 0.2) is 5.75 Å². The van der Waals surface area contributed by atoms with E-state index in [2.05, 4.69) is 17.3 Å². The fourth-order valence-corrected chi connectivity index (χ4v) is 2.23. The number of alkyl halides is 2. The maximum atomic E-state index is 12.1. The van der Waals surface area contributed by atoms with Crippen LogP contribution >= 0.6 is 0 Å². The third-order valence-electron chi connectivity index (χ3n) is 3.08. The smallest absolute Gasteiger partial charge is 0.261 e. The van der Waals surface area contributed by atoms with E-state index in [9.17, 15) is 8.78 Å². The normalized spacial score (nSPS) is 12.9. The van der Waals surface area contributed by atoms with Crippen molar-refractivity contribution in [3.63, 3.8) is 0 Å². The molecular weight excluding hydrogens is 280 g/mol. The van der Waals surface area contributed by atoms with E-state index in [0.29, 0.717) is 12.2 Å². The molecule has 0 fully saturated rings. The van der Waals surface area contributed by atoms with Gasteiger partial charge in [0.05, 0.1) is 25.0 Å². The Morgan fingerprint density at radius 2 is 2.14 bits per heavy atom. The second-order valence-corrected chi connectivity index (χ2v) is 4.69. The third kappa shape index (κ3) is 5.59. The Bertz CT molecular complexity index is 400. The zero-order valence-electron chi connectivity index (χ0n) is 12.9. The summed E-state index contributed by atoms with van der Waals surface area (Å²) in [7, 11) is 1.60. The number of nitrogens with zero attached hydrogens (tertiary/aromatic N) is 2. The summed E-state index contributed by atoms with van der Waals surface area (Å²) < 4.78 is 36.4. The average molecular weight is 305 g/mol. The maximum absolute atomic E-state index is 12.1. The molecule has 1 aromatic rings. The molecule has 0 spiro atoms. The van der Waals surface area contributed by atoms with Gasteiger partial charge in [-0.05, 0) is 19.4 Å². The van der Waals surface area contributed by atoms with Crippen molar-refractivity contribution in [2.75, 3.05) is 26.9 Å². The van der Waals surface area contributed by atoms with E-state index in [0.717, 1.165) is 25.2 Å². The Morgan fingerprint density at radius 1 is 1.38 bits per heavy atom. The Balaban J connectivity index is 2.76. The van der Waals surface area contributed by atoms with Crippen molar-refractivity contribution < 1.29 is 18.3 Å². The van der Waals surface area contributed by atoms with Gasteiger partial charge in [-0.25, -0.2) is 8.78 Å². The van der Waals surface area contributed by atoms with Gasteiger partial charge in [0.25, 0.3) is 6.43 Å². The molecule has 21 heavy (non-hydrogen) atoms. The molecule has 1 N–H and O–H groups in total. The van der Waals surface area contributed by atoms with Crippen molar-refractivity contribution in [3.8, 4) is 5.75 Å². The van der Waals surface area contributed by atoms with Crippen LogP contribution in [0.3, 0.4) is 0 Å². The van der Waals surface area contributed by atoms with Crippen LogP contribution < -0.4 is 10.1 Å². The summed E-state index contributed by atoms with van der Waals surface area (Å²) >= 11 is 0. The quantitative estimate of drug-likeness (QED) is 0.639. The molecule has 0 aliphatic carbocycles. The number of rotatable bonds is 11. The first-order valence-electron chi connectivity index (χ1n) is 7.32. The summed E-state index contributed by atoms with van der Waals surface area (Å²) in [6.45, 7) is 5.37. The molecule has 122 valence electrons. The van der Waals surface area contributed by atoms with Gasteiger partial charge in [-0.3, -0.25) is 4.68 Å². The highest BCUT2D eigenvalue weighted by Crippen LogP contribution is 2.27. The van der Waals surface area contributed by atoms with Crippen LogP contribution in [0.5, 0.6) is 5.75 Å². The molecule has 0 aliphatic heterocycles. The van der Waals surface area contributed by atoms with E-state index < -0.39 is 13.0 Å². The molecule has 7 heteroatoms. The summed E-state index contributed by atoms with van der Waals surface area (Å²) in [6, 6.07) is -0.0309. The van der Waals surface area contributed by atoms with Gasteiger partial charge in [0, 0.05) is 13.2 Å². The van der Waals surface area contributed by atoms with Gasteiger partial charge in [-0.1, -0.05) is 13.8 Å². The van der Waals surface area contributed by atoms with Crippen molar-refractivity contribution in [1.82, 2.24) is 15.1 Å². The molecule has 0 saturated carbocycles. The van der Waals surface area contributed by atoms with Gasteiger partial charge in [-0.2, -0.15) is 5.10 Å². The summed E-state index contributed by atoms with van der Waals surface area (Å²) in [5.41, 5.74) is 0.946. The van der Waals surface area contributed by atoms with Gasteiger partial charge in [0.2, 0.25) is 0 Å². The molecule has 0 aliphatic rings. The fraction of sp³-hybridized carbons (Fsp3) is 0.786. The third-order valence-corrected chi connectivity index (χ3v) is 3.08. The first-order valence-corrected chi connectivity index (χ1v) is 7.32. The maximum Gasteiger partial charge on any atom is 0.261 e. The topological polar surface area (TPSA) is 48.3 Å². The first kappa shape index (κ1) is 17.8. The summed E-state index contributed by atoms with van der Waals surface area (Å²) in [5.74, 6) is 0.711. The summed E-state index contributed by atoms with van der Waals surface area (Å²) in [4.78, 5) is 0. The lowest BCUT2D eigenvalue weighted by Gasteiger charge is -2.20. The van der Waals surface area contributed by atoms with Crippen molar-refractivity contribution in [1.29, 1.82) is 0 Å². The number of nitrogens with one attached hydrogen (secondary N) is 1. The van der Waals surface area contributed by atoms with E-state index in [-0.39, 0.29) is 12.6 Å². The Hall–Kier alpha value is -1.21. The van der Waals surface area contributed by atoms with E-state index in [1.54, 1.807) is 13.3 Å². The minimum absolute atomic E-state index is 0.0309. The number of hydrogen-bond acceptors (Lipinski definition) is 4. The van der Waals surface area contributed by atoms with Crippen LogP contribution in [-0.4, -0.2) is 43.1 Å². The molecule has 1 rings (SSSR count). The lowest BCUT2D eigenvalue weighted by atomic mass is 10.1. The zero-order valence-corrected chi connectivity index (χ0v) is 12.9. The highest BCUT2D eigenvalue weighted by atomic mass is 19.3. The van der Waals surface area contributed by atoms with Crippen LogP contribution in [0.4, 0.5) is 8.78 Å². The van der Waals surface area contributed by atoms with Crippen LogP contribution in [-0.2, 0) is 11.3 Å². The van der Waals surface area contributed by atoms with Crippen LogP contribution in [0, 0.1) is 0 Å². The van der Waals surface area contributed by atoms with Gasteiger partial charge in [-0.15, -0.1) is 0 Å². The number of aromatic nitrogens is 2. The number of halogens is 2. The number of aryl methyl sites for hydroxylation is 1. The molecule has 1 aromatic heterocycles. The lowest BCUT2D eigenvalue weighted by Crippen LogP contribution is -2.26. The minimum atomic E-state index is -2.43. The molecule has 5 nitrogen and oxygen atoms in total. The first-order chi connectivity index (χ1) is 10.1. The average Bonchev–Trinajstić information content (AvgIpc) is 2.85. The standard InChI is InChI=1S/C14H25F2N3O2/c1-4-7-19-14(12(20-3)9-18-19)11(17-5-2)6-8-21-10-13(15)16/h9,11,13,17H,4-8,10H2,1-3H3. The molecule has 0 aromatic carbocycles. The van der Waals surface area contributed by atoms with E-state index >= 15 is 0 Å². The Kier molecular flexibility index (Phi) is 8.22. The predicted octanol–water partition coefficient (Wildman–Crippen LogP) is 2.62. The second-order valence-electron chi connectivity index (χ2n) is 4.69. The van der Waals surface area contributed by atoms with Crippen molar-refractivity contribution in [2.24, 2.45) is 0 Å². The number of hydrogen-bond donors (Lipinski definition) is 1. The molecular formula is C14H25F2N3O2. The minimum Gasteiger partial charge on any atom is -0.493 e. The Labute approximate surface area is 124 Å². The predicted molar refractivity (Wildman–Crippen MR) is 76.9 cm³/mol. The van der Waals surface area contributed by atoms with Gasteiger partial charge in [0.1, 0.15) is 6.61 Å². The highest BCUT2D eigenvalue weighted by molar-refractivity contribution is 5.28. The summed E-state index contributed by atoms with van der Waals surface area (Å²) in [5, 5.41) is 7.67. The SMILES string of the molecule is CCCn1ncc(OC)c1C(CCOCC(F)F)NCC. The lowest BCUT2D eigenvalue weighted by molar-refractivity contribution is 0.0141. The number of ether oxygens (including phenoxy) is 2.